The van der Waals surface area contributed by atoms with E-state index in [1.54, 1.807) is 17.2 Å². The van der Waals surface area contributed by atoms with Gasteiger partial charge in [0.1, 0.15) is 0 Å². The van der Waals surface area contributed by atoms with Gasteiger partial charge in [-0.1, -0.05) is 11.6 Å². The van der Waals surface area contributed by atoms with Gasteiger partial charge in [0.05, 0.1) is 10.6 Å². The van der Waals surface area contributed by atoms with Gasteiger partial charge in [-0.3, -0.25) is 9.78 Å². The number of carbonyl (C=O) groups is 1. The third kappa shape index (κ3) is 2.18. The van der Waals surface area contributed by atoms with Gasteiger partial charge in [0.2, 0.25) is 0 Å². The van der Waals surface area contributed by atoms with Gasteiger partial charge in [0.25, 0.3) is 5.91 Å². The highest BCUT2D eigenvalue weighted by Crippen LogP contribution is 2.21. The smallest absolute Gasteiger partial charge is 0.255 e. The third-order valence-electron chi connectivity index (χ3n) is 2.83. The van der Waals surface area contributed by atoms with E-state index >= 15 is 0 Å². The number of halogens is 1. The Bertz CT molecular complexity index is 397. The Balaban J connectivity index is 2.12. The molecule has 0 aromatic carbocycles. The summed E-state index contributed by atoms with van der Waals surface area (Å²) in [5.74, 6) is 0.118. The number of likely N-dealkylation sites (tertiary alicyclic amines) is 1. The molecule has 1 atom stereocenters. The van der Waals surface area contributed by atoms with E-state index in [0.717, 1.165) is 6.42 Å². The first-order chi connectivity index (χ1) is 7.72. The molecule has 0 radical (unpaired) electrons. The zero-order valence-corrected chi connectivity index (χ0v) is 9.52. The van der Waals surface area contributed by atoms with E-state index in [-0.39, 0.29) is 18.4 Å². The average molecular weight is 241 g/mol. The van der Waals surface area contributed by atoms with Crippen molar-refractivity contribution in [3.05, 3.63) is 29.0 Å². The maximum atomic E-state index is 12.1. The topological polar surface area (TPSA) is 53.4 Å². The van der Waals surface area contributed by atoms with Crippen LogP contribution in [0.2, 0.25) is 5.02 Å². The average Bonchev–Trinajstić information content (AvgIpc) is 2.77. The van der Waals surface area contributed by atoms with Crippen molar-refractivity contribution < 1.29 is 9.90 Å². The summed E-state index contributed by atoms with van der Waals surface area (Å²) in [6.45, 7) is 1.42. The van der Waals surface area contributed by atoms with Crippen LogP contribution in [0, 0.1) is 5.92 Å². The third-order valence-corrected chi connectivity index (χ3v) is 3.14. The van der Waals surface area contributed by atoms with E-state index in [1.807, 2.05) is 0 Å². The normalized spacial score (nSPS) is 20.1. The number of hydrogen-bond acceptors (Lipinski definition) is 3. The monoisotopic (exact) mass is 240 g/mol. The van der Waals surface area contributed by atoms with Crippen LogP contribution < -0.4 is 0 Å². The summed E-state index contributed by atoms with van der Waals surface area (Å²) >= 11 is 5.91. The Labute approximate surface area is 98.9 Å². The van der Waals surface area contributed by atoms with Crippen LogP contribution in [0.1, 0.15) is 16.8 Å². The minimum absolute atomic E-state index is 0.0802. The second-order valence-corrected chi connectivity index (χ2v) is 4.35. The van der Waals surface area contributed by atoms with Crippen LogP contribution in [0.4, 0.5) is 0 Å². The number of aliphatic hydroxyl groups is 1. The van der Waals surface area contributed by atoms with Gasteiger partial charge in [0, 0.05) is 38.0 Å². The lowest BCUT2D eigenvalue weighted by atomic mass is 10.1. The van der Waals surface area contributed by atoms with Crippen LogP contribution in [-0.2, 0) is 0 Å². The Kier molecular flexibility index (Phi) is 3.41. The molecule has 0 spiro atoms. The lowest BCUT2D eigenvalue weighted by molar-refractivity contribution is 0.0782. The first-order valence-electron chi connectivity index (χ1n) is 5.22. The van der Waals surface area contributed by atoms with Gasteiger partial charge in [-0.2, -0.15) is 0 Å². The largest absolute Gasteiger partial charge is 0.396 e. The molecule has 1 aliphatic heterocycles. The van der Waals surface area contributed by atoms with Crippen molar-refractivity contribution in [2.45, 2.75) is 6.42 Å². The summed E-state index contributed by atoms with van der Waals surface area (Å²) in [4.78, 5) is 17.6. The minimum atomic E-state index is -0.0802. The Morgan fingerprint density at radius 1 is 1.69 bits per heavy atom. The predicted molar refractivity (Wildman–Crippen MR) is 60.3 cm³/mol. The van der Waals surface area contributed by atoms with Crippen molar-refractivity contribution in [1.29, 1.82) is 0 Å². The molecule has 4 nitrogen and oxygen atoms in total. The first kappa shape index (κ1) is 11.4. The van der Waals surface area contributed by atoms with E-state index in [2.05, 4.69) is 4.98 Å². The highest BCUT2D eigenvalue weighted by Gasteiger charge is 2.27. The molecule has 0 aliphatic carbocycles. The summed E-state index contributed by atoms with van der Waals surface area (Å²) in [5.41, 5.74) is 0.482. The lowest BCUT2D eigenvalue weighted by Gasteiger charge is -2.16. The molecule has 1 saturated heterocycles. The molecule has 1 N–H and O–H groups in total. The molecule has 0 unspecified atom stereocenters. The number of aliphatic hydroxyl groups excluding tert-OH is 1. The molecule has 1 aromatic heterocycles. The van der Waals surface area contributed by atoms with Gasteiger partial charge in [-0.15, -0.1) is 0 Å². The molecule has 86 valence electrons. The van der Waals surface area contributed by atoms with Crippen molar-refractivity contribution in [2.24, 2.45) is 5.92 Å². The van der Waals surface area contributed by atoms with Crippen LogP contribution >= 0.6 is 11.6 Å². The van der Waals surface area contributed by atoms with E-state index in [4.69, 9.17) is 16.7 Å². The van der Waals surface area contributed by atoms with Crippen molar-refractivity contribution in [2.75, 3.05) is 19.7 Å². The molecular weight excluding hydrogens is 228 g/mol. The fourth-order valence-electron chi connectivity index (χ4n) is 1.89. The van der Waals surface area contributed by atoms with E-state index in [9.17, 15) is 4.79 Å². The van der Waals surface area contributed by atoms with E-state index in [0.29, 0.717) is 23.7 Å². The number of hydrogen-bond donors (Lipinski definition) is 1. The molecule has 1 aliphatic rings. The maximum absolute atomic E-state index is 12.1. The highest BCUT2D eigenvalue weighted by molar-refractivity contribution is 6.33. The number of aromatic nitrogens is 1. The number of amides is 1. The molecule has 16 heavy (non-hydrogen) atoms. The predicted octanol–water partition coefficient (Wildman–Crippen LogP) is 1.19. The van der Waals surface area contributed by atoms with Gasteiger partial charge >= 0.3 is 0 Å². The first-order valence-corrected chi connectivity index (χ1v) is 5.60. The van der Waals surface area contributed by atoms with Gasteiger partial charge in [-0.25, -0.2) is 0 Å². The molecule has 2 rings (SSSR count). The Morgan fingerprint density at radius 3 is 3.12 bits per heavy atom. The standard InChI is InChI=1S/C11H13ClN2O2/c12-10-5-13-3-1-9(10)11(16)14-4-2-8(6-14)7-15/h1,3,5,8,15H,2,4,6-7H2/t8-/m1/s1. The van der Waals surface area contributed by atoms with Crippen molar-refractivity contribution >= 4 is 17.5 Å². The summed E-state index contributed by atoms with van der Waals surface area (Å²) < 4.78 is 0. The molecule has 1 amide bonds. The van der Waals surface area contributed by atoms with Gasteiger partial charge < -0.3 is 10.0 Å². The van der Waals surface area contributed by atoms with Crippen molar-refractivity contribution in [1.82, 2.24) is 9.88 Å². The van der Waals surface area contributed by atoms with Gasteiger partial charge in [-0.05, 0) is 12.5 Å². The molecule has 1 aromatic rings. The quantitative estimate of drug-likeness (QED) is 0.845. The number of pyridine rings is 1. The second-order valence-electron chi connectivity index (χ2n) is 3.94. The van der Waals surface area contributed by atoms with Crippen LogP contribution in [0.15, 0.2) is 18.5 Å². The fraction of sp³-hybridized carbons (Fsp3) is 0.455. The number of carbonyl (C=O) groups excluding carboxylic acids is 1. The van der Waals surface area contributed by atoms with Crippen LogP contribution in [0.3, 0.4) is 0 Å². The lowest BCUT2D eigenvalue weighted by Crippen LogP contribution is -2.29. The highest BCUT2D eigenvalue weighted by atomic mass is 35.5. The summed E-state index contributed by atoms with van der Waals surface area (Å²) in [5, 5.41) is 9.39. The molecule has 1 fully saturated rings. The number of nitrogens with zero attached hydrogens (tertiary/aromatic N) is 2. The maximum Gasteiger partial charge on any atom is 0.255 e. The summed E-state index contributed by atoms with van der Waals surface area (Å²) in [7, 11) is 0. The van der Waals surface area contributed by atoms with Gasteiger partial charge in [0.15, 0.2) is 0 Å². The zero-order chi connectivity index (χ0) is 11.5. The fourth-order valence-corrected chi connectivity index (χ4v) is 2.09. The Morgan fingerprint density at radius 2 is 2.50 bits per heavy atom. The van der Waals surface area contributed by atoms with E-state index in [1.165, 1.54) is 6.20 Å². The molecule has 0 saturated carbocycles. The summed E-state index contributed by atoms with van der Waals surface area (Å²) in [6, 6.07) is 1.62. The number of rotatable bonds is 2. The zero-order valence-electron chi connectivity index (χ0n) is 8.77. The van der Waals surface area contributed by atoms with Crippen LogP contribution in [0.25, 0.3) is 0 Å². The summed E-state index contributed by atoms with van der Waals surface area (Å²) in [6.07, 6.45) is 3.87. The SMILES string of the molecule is O=C(c1ccncc1Cl)N1CC[C@@H](CO)C1. The van der Waals surface area contributed by atoms with Crippen molar-refractivity contribution in [3.63, 3.8) is 0 Å². The van der Waals surface area contributed by atoms with Crippen molar-refractivity contribution in [3.8, 4) is 0 Å². The second kappa shape index (κ2) is 4.80. The Hall–Kier alpha value is -1.13. The molecular formula is C11H13ClN2O2. The van der Waals surface area contributed by atoms with Crippen LogP contribution in [-0.4, -0.2) is 40.6 Å². The minimum Gasteiger partial charge on any atom is -0.396 e. The van der Waals surface area contributed by atoms with E-state index < -0.39 is 0 Å². The molecule has 5 heteroatoms. The molecule has 0 bridgehead atoms. The van der Waals surface area contributed by atoms with Crippen LogP contribution in [0.5, 0.6) is 0 Å². The molecule has 2 heterocycles.